The molecule has 41 heavy (non-hydrogen) atoms. The van der Waals surface area contributed by atoms with Gasteiger partial charge in [0.25, 0.3) is 0 Å². The molecule has 1 saturated heterocycles. The third-order valence-electron chi connectivity index (χ3n) is 7.74. The summed E-state index contributed by atoms with van der Waals surface area (Å²) in [6, 6.07) is 34.0. The van der Waals surface area contributed by atoms with Crippen molar-refractivity contribution in [2.24, 2.45) is 0 Å². The summed E-state index contributed by atoms with van der Waals surface area (Å²) < 4.78 is 5.42. The molecule has 4 aromatic carbocycles. The molecular formula is C33H36Cl4N2O2. The molecule has 0 amide bonds. The van der Waals surface area contributed by atoms with Crippen molar-refractivity contribution in [3.8, 4) is 5.75 Å². The smallest absolute Gasteiger partial charge is 0.118 e. The van der Waals surface area contributed by atoms with E-state index in [0.29, 0.717) is 18.0 Å². The average Bonchev–Trinajstić information content (AvgIpc) is 2.97. The minimum Gasteiger partial charge on any atom is -0.497 e. The topological polar surface area (TPSA) is 35.9 Å². The third-order valence-corrected chi connectivity index (χ3v) is 8.23. The van der Waals surface area contributed by atoms with Crippen LogP contribution in [0.25, 0.3) is 0 Å². The number of nitrogens with zero attached hydrogens (tertiary/aromatic N) is 2. The molecule has 5 rings (SSSR count). The van der Waals surface area contributed by atoms with Crippen molar-refractivity contribution in [1.29, 1.82) is 0 Å². The molecule has 0 radical (unpaired) electrons. The summed E-state index contributed by atoms with van der Waals surface area (Å²) in [6.45, 7) is 4.28. The Balaban J connectivity index is 0.00000231. The third kappa shape index (κ3) is 8.10. The first kappa shape index (κ1) is 33.1. The van der Waals surface area contributed by atoms with Crippen molar-refractivity contribution in [2.45, 2.75) is 17.9 Å². The predicted octanol–water partition coefficient (Wildman–Crippen LogP) is 7.88. The molecule has 0 aliphatic carbocycles. The van der Waals surface area contributed by atoms with Gasteiger partial charge in [-0.05, 0) is 59.2 Å². The van der Waals surface area contributed by atoms with Gasteiger partial charge in [-0.2, -0.15) is 0 Å². The minimum absolute atomic E-state index is 0. The molecule has 0 aromatic heterocycles. The highest BCUT2D eigenvalue weighted by molar-refractivity contribution is 6.31. The van der Waals surface area contributed by atoms with Gasteiger partial charge in [0.15, 0.2) is 0 Å². The molecule has 1 aliphatic heterocycles. The first-order chi connectivity index (χ1) is 18.9. The van der Waals surface area contributed by atoms with Crippen LogP contribution < -0.4 is 9.64 Å². The highest BCUT2D eigenvalue weighted by Gasteiger charge is 2.41. The van der Waals surface area contributed by atoms with Crippen LogP contribution in [-0.4, -0.2) is 49.8 Å². The van der Waals surface area contributed by atoms with Crippen molar-refractivity contribution in [1.82, 2.24) is 4.90 Å². The summed E-state index contributed by atoms with van der Waals surface area (Å²) in [7, 11) is 1.66. The van der Waals surface area contributed by atoms with E-state index in [1.54, 1.807) is 7.11 Å². The van der Waals surface area contributed by atoms with Crippen LogP contribution in [0.5, 0.6) is 5.75 Å². The molecule has 4 nitrogen and oxygen atoms in total. The second-order valence-electron chi connectivity index (χ2n) is 10.2. The number of halogens is 4. The molecule has 1 aliphatic rings. The Morgan fingerprint density at radius 3 is 2.05 bits per heavy atom. The highest BCUT2D eigenvalue weighted by Crippen LogP contribution is 2.41. The van der Waals surface area contributed by atoms with Crippen LogP contribution in [0.1, 0.15) is 22.6 Å². The molecule has 0 spiro atoms. The van der Waals surface area contributed by atoms with Crippen molar-refractivity contribution in [3.05, 3.63) is 130 Å². The Hall–Kier alpha value is -2.44. The fourth-order valence-electron chi connectivity index (χ4n) is 5.56. The molecule has 218 valence electrons. The largest absolute Gasteiger partial charge is 0.497 e. The lowest BCUT2D eigenvalue weighted by atomic mass is 9.73. The molecule has 8 heteroatoms. The molecule has 4 aromatic rings. The molecular weight excluding hydrogens is 598 g/mol. The highest BCUT2D eigenvalue weighted by atomic mass is 35.5. The second kappa shape index (κ2) is 15.2. The summed E-state index contributed by atoms with van der Waals surface area (Å²) >= 11 is 12.5. The standard InChI is InChI=1S/C33H34Cl2N2O2.2ClH/c1-39-31-16-12-27(13-17-31)33(38,23-25-6-3-2-4-7-25)32(26-10-14-28(34)15-11-26)24-36-18-20-37(21-19-36)30-9-5-8-29(35)22-30;;/h2-17,22,32,38H,18-21,23-24H2,1H3;2*1H. The van der Waals surface area contributed by atoms with Crippen molar-refractivity contribution < 1.29 is 9.84 Å². The molecule has 2 atom stereocenters. The van der Waals surface area contributed by atoms with E-state index in [2.05, 4.69) is 40.1 Å². The number of hydrogen-bond donors (Lipinski definition) is 1. The predicted molar refractivity (Wildman–Crippen MR) is 176 cm³/mol. The van der Waals surface area contributed by atoms with Crippen LogP contribution in [0, 0.1) is 0 Å². The van der Waals surface area contributed by atoms with Gasteiger partial charge in [0, 0.05) is 60.8 Å². The molecule has 2 unspecified atom stereocenters. The van der Waals surface area contributed by atoms with Gasteiger partial charge in [-0.25, -0.2) is 0 Å². The maximum atomic E-state index is 12.7. The van der Waals surface area contributed by atoms with E-state index in [1.165, 1.54) is 0 Å². The van der Waals surface area contributed by atoms with Gasteiger partial charge >= 0.3 is 0 Å². The molecule has 1 fully saturated rings. The van der Waals surface area contributed by atoms with Gasteiger partial charge in [-0.15, -0.1) is 24.8 Å². The summed E-state index contributed by atoms with van der Waals surface area (Å²) in [5.74, 6) is 0.571. The number of aliphatic hydroxyl groups is 1. The zero-order valence-corrected chi connectivity index (χ0v) is 26.1. The molecule has 1 N–H and O–H groups in total. The van der Waals surface area contributed by atoms with Crippen LogP contribution >= 0.6 is 48.0 Å². The lowest BCUT2D eigenvalue weighted by Gasteiger charge is -2.43. The van der Waals surface area contributed by atoms with E-state index in [4.69, 9.17) is 27.9 Å². The van der Waals surface area contributed by atoms with Gasteiger partial charge < -0.3 is 14.7 Å². The van der Waals surface area contributed by atoms with E-state index in [9.17, 15) is 5.11 Å². The van der Waals surface area contributed by atoms with Crippen molar-refractivity contribution >= 4 is 53.7 Å². The summed E-state index contributed by atoms with van der Waals surface area (Å²) in [4.78, 5) is 4.83. The monoisotopic (exact) mass is 632 g/mol. The maximum absolute atomic E-state index is 12.7. The zero-order chi connectivity index (χ0) is 27.2. The Labute approximate surface area is 265 Å². The van der Waals surface area contributed by atoms with E-state index < -0.39 is 5.60 Å². The van der Waals surface area contributed by atoms with Gasteiger partial charge in [0.05, 0.1) is 7.11 Å². The van der Waals surface area contributed by atoms with Gasteiger partial charge in [0.1, 0.15) is 11.4 Å². The van der Waals surface area contributed by atoms with Gasteiger partial charge in [0.2, 0.25) is 0 Å². The van der Waals surface area contributed by atoms with E-state index >= 15 is 0 Å². The van der Waals surface area contributed by atoms with Crippen LogP contribution in [-0.2, 0) is 12.0 Å². The fourth-order valence-corrected chi connectivity index (χ4v) is 5.87. The van der Waals surface area contributed by atoms with Crippen LogP contribution in [0.15, 0.2) is 103 Å². The van der Waals surface area contributed by atoms with E-state index in [1.807, 2.05) is 72.8 Å². The van der Waals surface area contributed by atoms with Gasteiger partial charge in [-0.3, -0.25) is 4.90 Å². The Morgan fingerprint density at radius 2 is 1.44 bits per heavy atom. The summed E-state index contributed by atoms with van der Waals surface area (Å²) in [5, 5.41) is 14.2. The van der Waals surface area contributed by atoms with Crippen LogP contribution in [0.3, 0.4) is 0 Å². The van der Waals surface area contributed by atoms with Gasteiger partial charge in [-0.1, -0.05) is 83.9 Å². The number of ether oxygens (including phenoxy) is 1. The summed E-state index contributed by atoms with van der Waals surface area (Å²) in [5.41, 5.74) is 3.00. The Kier molecular flexibility index (Phi) is 12.2. The number of methoxy groups -OCH3 is 1. The number of piperazine rings is 1. The first-order valence-corrected chi connectivity index (χ1v) is 14.1. The fraction of sp³-hybridized carbons (Fsp3) is 0.273. The van der Waals surface area contributed by atoms with E-state index in [-0.39, 0.29) is 30.7 Å². The SMILES string of the molecule is COc1ccc(C(O)(Cc2ccccc2)C(CN2CCN(c3cccc(Cl)c3)CC2)c2ccc(Cl)cc2)cc1.Cl.Cl. The van der Waals surface area contributed by atoms with Crippen molar-refractivity contribution in [3.63, 3.8) is 0 Å². The quantitative estimate of drug-likeness (QED) is 0.203. The van der Waals surface area contributed by atoms with Crippen LogP contribution in [0.4, 0.5) is 5.69 Å². The normalized spacial score (nSPS) is 15.7. The number of rotatable bonds is 9. The first-order valence-electron chi connectivity index (χ1n) is 13.3. The number of anilines is 1. The molecule has 0 bridgehead atoms. The van der Waals surface area contributed by atoms with Crippen LogP contribution in [0.2, 0.25) is 10.0 Å². The molecule has 0 saturated carbocycles. The average molecular weight is 634 g/mol. The number of hydrogen-bond acceptors (Lipinski definition) is 4. The molecule has 1 heterocycles. The Bertz CT molecular complexity index is 1350. The summed E-state index contributed by atoms with van der Waals surface area (Å²) in [6.07, 6.45) is 0.482. The van der Waals surface area contributed by atoms with Crippen molar-refractivity contribution in [2.75, 3.05) is 44.7 Å². The van der Waals surface area contributed by atoms with E-state index in [0.717, 1.165) is 59.3 Å². The minimum atomic E-state index is -1.16. The maximum Gasteiger partial charge on any atom is 0.118 e. The zero-order valence-electron chi connectivity index (χ0n) is 23.0. The second-order valence-corrected chi connectivity index (χ2v) is 11.1. The number of benzene rings is 4. The Morgan fingerprint density at radius 1 is 0.780 bits per heavy atom. The lowest BCUT2D eigenvalue weighted by Crippen LogP contribution is -2.50. The lowest BCUT2D eigenvalue weighted by molar-refractivity contribution is -0.00553.